The SMILES string of the molecule is COc1cccc(C(=O)N/N=C\C23c4ccccc4C(c4ccccc42)[C@H]2C(=O)N(c4ccccc4OC)C(=O)[C@@H]23)c1. The topological polar surface area (TPSA) is 97.3 Å². The fraction of sp³-hybridized carbons (Fsp3) is 0.176. The van der Waals surface area contributed by atoms with Gasteiger partial charge < -0.3 is 9.47 Å². The first-order valence-corrected chi connectivity index (χ1v) is 13.7. The first-order chi connectivity index (χ1) is 20.5. The van der Waals surface area contributed by atoms with E-state index in [2.05, 4.69) is 10.5 Å². The molecule has 4 aromatic carbocycles. The molecule has 0 spiro atoms. The van der Waals surface area contributed by atoms with Gasteiger partial charge in [-0.2, -0.15) is 5.10 Å². The first-order valence-electron chi connectivity index (χ1n) is 13.7. The van der Waals surface area contributed by atoms with Crippen molar-refractivity contribution in [3.05, 3.63) is 125 Å². The third kappa shape index (κ3) is 3.48. The highest BCUT2D eigenvalue weighted by molar-refractivity contribution is 6.25. The summed E-state index contributed by atoms with van der Waals surface area (Å²) in [5, 5.41) is 4.47. The third-order valence-electron chi connectivity index (χ3n) is 8.78. The molecule has 1 saturated heterocycles. The van der Waals surface area contributed by atoms with Crippen LogP contribution in [0.4, 0.5) is 5.69 Å². The maximum atomic E-state index is 14.5. The van der Waals surface area contributed by atoms with E-state index in [4.69, 9.17) is 9.47 Å². The normalized spacial score (nSPS) is 23.4. The largest absolute Gasteiger partial charge is 0.497 e. The van der Waals surface area contributed by atoms with Gasteiger partial charge in [0, 0.05) is 17.7 Å². The second-order valence-corrected chi connectivity index (χ2v) is 10.6. The van der Waals surface area contributed by atoms with E-state index in [-0.39, 0.29) is 17.7 Å². The van der Waals surface area contributed by atoms with E-state index in [1.54, 1.807) is 54.7 Å². The van der Waals surface area contributed by atoms with Crippen molar-refractivity contribution in [3.63, 3.8) is 0 Å². The van der Waals surface area contributed by atoms with Gasteiger partial charge in [-0.3, -0.25) is 14.4 Å². The summed E-state index contributed by atoms with van der Waals surface area (Å²) in [7, 11) is 3.05. The molecule has 0 aromatic heterocycles. The third-order valence-corrected chi connectivity index (χ3v) is 8.78. The number of rotatable bonds is 6. The van der Waals surface area contributed by atoms with Crippen LogP contribution in [0.25, 0.3) is 0 Å². The van der Waals surface area contributed by atoms with Gasteiger partial charge in [0.05, 0.1) is 37.2 Å². The lowest BCUT2D eigenvalue weighted by molar-refractivity contribution is -0.122. The summed E-state index contributed by atoms with van der Waals surface area (Å²) in [4.78, 5) is 43.2. The summed E-state index contributed by atoms with van der Waals surface area (Å²) in [6.45, 7) is 0. The van der Waals surface area contributed by atoms with Crippen LogP contribution in [-0.2, 0) is 15.0 Å². The second-order valence-electron chi connectivity index (χ2n) is 10.6. The summed E-state index contributed by atoms with van der Waals surface area (Å²) in [5.74, 6) is -1.78. The van der Waals surface area contributed by atoms with Gasteiger partial charge in [0.2, 0.25) is 11.8 Å². The smallest absolute Gasteiger partial charge is 0.271 e. The Labute approximate surface area is 242 Å². The molecule has 1 aliphatic heterocycles. The van der Waals surface area contributed by atoms with Crippen molar-refractivity contribution in [2.24, 2.45) is 16.9 Å². The van der Waals surface area contributed by atoms with Crippen LogP contribution in [0, 0.1) is 11.8 Å². The Hall–Kier alpha value is -5.24. The van der Waals surface area contributed by atoms with Crippen molar-refractivity contribution in [2.75, 3.05) is 19.1 Å². The molecule has 208 valence electrons. The number of benzene rings is 4. The van der Waals surface area contributed by atoms with E-state index in [1.807, 2.05) is 48.5 Å². The zero-order valence-electron chi connectivity index (χ0n) is 23.0. The Kier molecular flexibility index (Phi) is 5.93. The lowest BCUT2D eigenvalue weighted by Crippen LogP contribution is -2.54. The van der Waals surface area contributed by atoms with Crippen LogP contribution >= 0.6 is 0 Å². The zero-order chi connectivity index (χ0) is 29.0. The van der Waals surface area contributed by atoms with Crippen molar-refractivity contribution in [2.45, 2.75) is 11.3 Å². The van der Waals surface area contributed by atoms with Gasteiger partial charge in [-0.05, 0) is 52.6 Å². The molecule has 42 heavy (non-hydrogen) atoms. The molecule has 1 heterocycles. The highest BCUT2D eigenvalue weighted by Crippen LogP contribution is 2.63. The number of nitrogens with zero attached hydrogens (tertiary/aromatic N) is 2. The van der Waals surface area contributed by atoms with Gasteiger partial charge in [0.1, 0.15) is 11.5 Å². The van der Waals surface area contributed by atoms with E-state index >= 15 is 0 Å². The minimum Gasteiger partial charge on any atom is -0.497 e. The van der Waals surface area contributed by atoms with E-state index in [1.165, 1.54) is 19.1 Å². The molecule has 8 nitrogen and oxygen atoms in total. The monoisotopic (exact) mass is 557 g/mol. The number of hydrogen-bond donors (Lipinski definition) is 1. The number of hydrazone groups is 1. The molecule has 0 saturated carbocycles. The number of imide groups is 1. The zero-order valence-corrected chi connectivity index (χ0v) is 23.0. The number of methoxy groups -OCH3 is 2. The Morgan fingerprint density at radius 3 is 2.19 bits per heavy atom. The average Bonchev–Trinajstić information content (AvgIpc) is 3.31. The predicted molar refractivity (Wildman–Crippen MR) is 157 cm³/mol. The van der Waals surface area contributed by atoms with Crippen LogP contribution in [0.5, 0.6) is 11.5 Å². The molecule has 1 N–H and O–H groups in total. The number of carbonyl (C=O) groups is 3. The molecule has 4 aliphatic rings. The molecule has 8 heteroatoms. The molecule has 8 rings (SSSR count). The van der Waals surface area contributed by atoms with Gasteiger partial charge in [0.15, 0.2) is 0 Å². The van der Waals surface area contributed by atoms with Gasteiger partial charge in [-0.25, -0.2) is 10.3 Å². The molecule has 0 radical (unpaired) electrons. The van der Waals surface area contributed by atoms with Crippen molar-refractivity contribution >= 4 is 29.6 Å². The summed E-state index contributed by atoms with van der Waals surface area (Å²) in [5.41, 5.74) is 6.10. The van der Waals surface area contributed by atoms with E-state index in [0.29, 0.717) is 22.7 Å². The number of anilines is 1. The quantitative estimate of drug-likeness (QED) is 0.211. The van der Waals surface area contributed by atoms with E-state index < -0.39 is 23.2 Å². The lowest BCUT2D eigenvalue weighted by Gasteiger charge is -2.52. The van der Waals surface area contributed by atoms with Crippen LogP contribution in [0.15, 0.2) is 102 Å². The Morgan fingerprint density at radius 2 is 1.50 bits per heavy atom. The lowest BCUT2D eigenvalue weighted by atomic mass is 9.47. The number of nitrogens with one attached hydrogen (secondary N) is 1. The Morgan fingerprint density at radius 1 is 0.833 bits per heavy atom. The minimum absolute atomic E-state index is 0.276. The van der Waals surface area contributed by atoms with Crippen LogP contribution < -0.4 is 19.8 Å². The number of amides is 3. The standard InChI is InChI=1S/C34H27N3O5/c1-41-21-11-9-10-20(18-21)31(38)36-35-19-34-24-14-5-3-12-22(24)28(23-13-4-6-15-25(23)34)29-30(34)33(40)37(32(29)39)26-16-7-8-17-27(26)42-2/h3-19,28-30H,1-2H3,(H,36,38)/b35-19-/t28?,29-,30-,34?/m1/s1. The molecule has 4 aromatic rings. The maximum Gasteiger partial charge on any atom is 0.271 e. The van der Waals surface area contributed by atoms with Crippen molar-refractivity contribution < 1.29 is 23.9 Å². The average molecular weight is 558 g/mol. The number of ether oxygens (including phenoxy) is 2. The summed E-state index contributed by atoms with van der Waals surface area (Å²) < 4.78 is 10.8. The van der Waals surface area contributed by atoms with Gasteiger partial charge in [-0.1, -0.05) is 66.7 Å². The molecule has 3 aliphatic carbocycles. The molecule has 2 bridgehead atoms. The number of hydrogen-bond acceptors (Lipinski definition) is 6. The summed E-state index contributed by atoms with van der Waals surface area (Å²) >= 11 is 0. The fourth-order valence-electron chi connectivity index (χ4n) is 7.12. The number of carbonyl (C=O) groups excluding carboxylic acids is 3. The summed E-state index contributed by atoms with van der Waals surface area (Å²) in [6, 6.07) is 29.6. The van der Waals surface area contributed by atoms with Crippen LogP contribution in [0.3, 0.4) is 0 Å². The van der Waals surface area contributed by atoms with Crippen LogP contribution in [0.1, 0.15) is 38.5 Å². The molecule has 2 atom stereocenters. The molecular weight excluding hydrogens is 530 g/mol. The summed E-state index contributed by atoms with van der Waals surface area (Å²) in [6.07, 6.45) is 1.65. The van der Waals surface area contributed by atoms with Crippen molar-refractivity contribution in [1.82, 2.24) is 5.43 Å². The molecule has 3 amide bonds. The maximum absolute atomic E-state index is 14.5. The highest BCUT2D eigenvalue weighted by atomic mass is 16.5. The van der Waals surface area contributed by atoms with Crippen molar-refractivity contribution in [1.29, 1.82) is 0 Å². The molecular formula is C34H27N3O5. The Balaban J connectivity index is 1.39. The van der Waals surface area contributed by atoms with Gasteiger partial charge in [-0.15, -0.1) is 0 Å². The minimum atomic E-state index is -1.10. The van der Waals surface area contributed by atoms with Gasteiger partial charge in [0.25, 0.3) is 5.91 Å². The second kappa shape index (κ2) is 9.69. The number of para-hydroxylation sites is 2. The highest BCUT2D eigenvalue weighted by Gasteiger charge is 2.68. The predicted octanol–water partition coefficient (Wildman–Crippen LogP) is 4.67. The van der Waals surface area contributed by atoms with Crippen LogP contribution in [0.2, 0.25) is 0 Å². The fourth-order valence-corrected chi connectivity index (χ4v) is 7.12. The van der Waals surface area contributed by atoms with E-state index in [0.717, 1.165) is 22.3 Å². The van der Waals surface area contributed by atoms with Crippen LogP contribution in [-0.4, -0.2) is 38.2 Å². The molecule has 0 unspecified atom stereocenters. The van der Waals surface area contributed by atoms with Crippen molar-refractivity contribution in [3.8, 4) is 11.5 Å². The molecule has 1 fully saturated rings. The van der Waals surface area contributed by atoms with E-state index in [9.17, 15) is 14.4 Å². The van der Waals surface area contributed by atoms with Gasteiger partial charge >= 0.3 is 0 Å². The Bertz CT molecular complexity index is 1750. The first kappa shape index (κ1) is 25.7.